The fraction of sp³-hybridized carbons (Fsp3) is 0.538. The van der Waals surface area contributed by atoms with Crippen molar-refractivity contribution in [1.29, 1.82) is 0 Å². The van der Waals surface area contributed by atoms with Gasteiger partial charge in [0.25, 0.3) is 0 Å². The summed E-state index contributed by atoms with van der Waals surface area (Å²) in [6.07, 6.45) is -3.76. The number of halogens is 5. The van der Waals surface area contributed by atoms with Crippen LogP contribution in [0, 0.1) is 5.82 Å². The number of sulfonamides is 1. The van der Waals surface area contributed by atoms with E-state index in [1.807, 2.05) is 6.92 Å². The summed E-state index contributed by atoms with van der Waals surface area (Å²) in [6, 6.07) is 0.994. The Kier molecular flexibility index (Phi) is 6.42. The van der Waals surface area contributed by atoms with Crippen molar-refractivity contribution in [1.82, 2.24) is 10.0 Å². The Labute approximate surface area is 138 Å². The Morgan fingerprint density at radius 1 is 1.30 bits per heavy atom. The van der Waals surface area contributed by atoms with Gasteiger partial charge in [0, 0.05) is 12.1 Å². The molecule has 2 atom stereocenters. The summed E-state index contributed by atoms with van der Waals surface area (Å²) in [5, 5.41) is 3.12. The van der Waals surface area contributed by atoms with E-state index in [4.69, 9.17) is 0 Å². The molecule has 0 amide bonds. The van der Waals surface area contributed by atoms with Gasteiger partial charge in [0.15, 0.2) is 0 Å². The molecule has 1 aliphatic heterocycles. The minimum Gasteiger partial charge on any atom is -0.314 e. The third-order valence-electron chi connectivity index (χ3n) is 3.49. The predicted octanol–water partition coefficient (Wildman–Crippen LogP) is 2.69. The van der Waals surface area contributed by atoms with Crippen molar-refractivity contribution in [2.75, 3.05) is 6.54 Å². The number of rotatable bonds is 3. The van der Waals surface area contributed by atoms with Gasteiger partial charge in [0.1, 0.15) is 10.7 Å². The van der Waals surface area contributed by atoms with Crippen LogP contribution in [-0.4, -0.2) is 27.0 Å². The van der Waals surface area contributed by atoms with E-state index in [1.54, 1.807) is 0 Å². The summed E-state index contributed by atoms with van der Waals surface area (Å²) in [5.41, 5.74) is -1.20. The van der Waals surface area contributed by atoms with Gasteiger partial charge < -0.3 is 5.32 Å². The molecule has 0 spiro atoms. The first kappa shape index (κ1) is 20.1. The van der Waals surface area contributed by atoms with Gasteiger partial charge in [-0.2, -0.15) is 13.2 Å². The van der Waals surface area contributed by atoms with Crippen LogP contribution in [0.1, 0.15) is 25.3 Å². The standard InChI is InChI=1S/C13H16F4N2O2S.ClH/c1-8-6-10(4-5-18-8)19-22(20,21)12-7-9(13(15,16)17)2-3-11(12)14;/h2-3,7-8,10,18-19H,4-6H2,1H3;1H. The monoisotopic (exact) mass is 376 g/mol. The molecule has 1 heterocycles. The molecular weight excluding hydrogens is 360 g/mol. The molecule has 1 aliphatic rings. The van der Waals surface area contributed by atoms with Crippen molar-refractivity contribution >= 4 is 22.4 Å². The van der Waals surface area contributed by atoms with Crippen molar-refractivity contribution in [3.8, 4) is 0 Å². The van der Waals surface area contributed by atoms with Crippen LogP contribution in [0.5, 0.6) is 0 Å². The maximum Gasteiger partial charge on any atom is 0.416 e. The Bertz CT molecular complexity index is 652. The predicted molar refractivity (Wildman–Crippen MR) is 79.5 cm³/mol. The molecule has 2 N–H and O–H groups in total. The van der Waals surface area contributed by atoms with Crippen LogP contribution >= 0.6 is 12.4 Å². The largest absolute Gasteiger partial charge is 0.416 e. The lowest BCUT2D eigenvalue weighted by molar-refractivity contribution is -0.137. The summed E-state index contributed by atoms with van der Waals surface area (Å²) in [7, 11) is -4.35. The molecule has 0 saturated carbocycles. The highest BCUT2D eigenvalue weighted by Gasteiger charge is 2.34. The third kappa shape index (κ3) is 5.03. The van der Waals surface area contributed by atoms with Crippen LogP contribution in [0.3, 0.4) is 0 Å². The third-order valence-corrected chi connectivity index (χ3v) is 5.03. The van der Waals surface area contributed by atoms with Gasteiger partial charge in [-0.3, -0.25) is 0 Å². The smallest absolute Gasteiger partial charge is 0.314 e. The van der Waals surface area contributed by atoms with Gasteiger partial charge in [-0.15, -0.1) is 12.4 Å². The number of hydrogen-bond donors (Lipinski definition) is 2. The first-order chi connectivity index (χ1) is 10.1. The van der Waals surface area contributed by atoms with E-state index in [-0.39, 0.29) is 18.4 Å². The summed E-state index contributed by atoms with van der Waals surface area (Å²) in [4.78, 5) is -0.978. The molecule has 1 aromatic rings. The van der Waals surface area contributed by atoms with Crippen LogP contribution in [0.25, 0.3) is 0 Å². The average molecular weight is 377 g/mol. The molecule has 4 nitrogen and oxygen atoms in total. The Hall–Kier alpha value is -0.900. The fourth-order valence-corrected chi connectivity index (χ4v) is 3.79. The highest BCUT2D eigenvalue weighted by molar-refractivity contribution is 7.89. The number of alkyl halides is 3. The van der Waals surface area contributed by atoms with E-state index in [9.17, 15) is 26.0 Å². The second-order valence-corrected chi connectivity index (χ2v) is 7.02. The maximum atomic E-state index is 13.7. The van der Waals surface area contributed by atoms with Crippen LogP contribution in [-0.2, 0) is 16.2 Å². The summed E-state index contributed by atoms with van der Waals surface area (Å²) in [6.45, 7) is 2.45. The van der Waals surface area contributed by atoms with E-state index in [2.05, 4.69) is 10.0 Å². The molecule has 2 unspecified atom stereocenters. The van der Waals surface area contributed by atoms with Gasteiger partial charge in [-0.05, 0) is 44.5 Å². The van der Waals surface area contributed by atoms with Gasteiger partial charge in [0.2, 0.25) is 10.0 Å². The van der Waals surface area contributed by atoms with E-state index in [1.165, 1.54) is 0 Å². The normalized spacial score (nSPS) is 22.5. The molecule has 2 rings (SSSR count). The molecule has 1 fully saturated rings. The lowest BCUT2D eigenvalue weighted by Gasteiger charge is -2.28. The van der Waals surface area contributed by atoms with Crippen LogP contribution in [0.15, 0.2) is 23.1 Å². The molecule has 1 saturated heterocycles. The Balaban J connectivity index is 0.00000264. The summed E-state index contributed by atoms with van der Waals surface area (Å²) < 4.78 is 78.3. The lowest BCUT2D eigenvalue weighted by Crippen LogP contribution is -2.46. The van der Waals surface area contributed by atoms with Crippen molar-refractivity contribution in [3.63, 3.8) is 0 Å². The van der Waals surface area contributed by atoms with Crippen molar-refractivity contribution < 1.29 is 26.0 Å². The van der Waals surface area contributed by atoms with E-state index >= 15 is 0 Å². The number of benzene rings is 1. The number of nitrogens with one attached hydrogen (secondary N) is 2. The topological polar surface area (TPSA) is 58.2 Å². The molecule has 23 heavy (non-hydrogen) atoms. The molecule has 1 aromatic carbocycles. The van der Waals surface area contributed by atoms with Crippen molar-refractivity contribution in [2.45, 2.75) is 42.9 Å². The maximum absolute atomic E-state index is 13.7. The van der Waals surface area contributed by atoms with Crippen molar-refractivity contribution in [3.05, 3.63) is 29.6 Å². The second-order valence-electron chi connectivity index (χ2n) is 5.34. The number of hydrogen-bond acceptors (Lipinski definition) is 3. The van der Waals surface area contributed by atoms with Crippen molar-refractivity contribution in [2.24, 2.45) is 0 Å². The zero-order valence-corrected chi connectivity index (χ0v) is 13.8. The number of piperidine rings is 1. The molecule has 0 aromatic heterocycles. The lowest BCUT2D eigenvalue weighted by atomic mass is 10.0. The second kappa shape index (κ2) is 7.33. The minimum atomic E-state index is -4.73. The molecule has 132 valence electrons. The molecule has 0 radical (unpaired) electrons. The van der Waals surface area contributed by atoms with Gasteiger partial charge >= 0.3 is 6.18 Å². The highest BCUT2D eigenvalue weighted by atomic mass is 35.5. The zero-order valence-electron chi connectivity index (χ0n) is 12.2. The quantitative estimate of drug-likeness (QED) is 0.797. The highest BCUT2D eigenvalue weighted by Crippen LogP contribution is 2.31. The van der Waals surface area contributed by atoms with E-state index in [0.717, 1.165) is 0 Å². The van der Waals surface area contributed by atoms with E-state index < -0.39 is 38.5 Å². The van der Waals surface area contributed by atoms with Gasteiger partial charge in [0.05, 0.1) is 5.56 Å². The molecule has 10 heteroatoms. The minimum absolute atomic E-state index is 0. The molecule has 0 aliphatic carbocycles. The molecule has 0 bridgehead atoms. The summed E-state index contributed by atoms with van der Waals surface area (Å²) >= 11 is 0. The zero-order chi connectivity index (χ0) is 16.5. The summed E-state index contributed by atoms with van der Waals surface area (Å²) in [5.74, 6) is -1.21. The van der Waals surface area contributed by atoms with Gasteiger partial charge in [-0.1, -0.05) is 0 Å². The van der Waals surface area contributed by atoms with E-state index in [0.29, 0.717) is 37.6 Å². The first-order valence-corrected chi connectivity index (χ1v) is 8.20. The fourth-order valence-electron chi connectivity index (χ4n) is 2.41. The van der Waals surface area contributed by atoms with Crippen LogP contribution in [0.2, 0.25) is 0 Å². The Morgan fingerprint density at radius 2 is 1.96 bits per heavy atom. The van der Waals surface area contributed by atoms with Crippen LogP contribution in [0.4, 0.5) is 17.6 Å². The SMILES string of the molecule is CC1CC(NS(=O)(=O)c2cc(C(F)(F)F)ccc2F)CCN1.Cl. The molecular formula is C13H17ClF4N2O2S. The Morgan fingerprint density at radius 3 is 2.52 bits per heavy atom. The first-order valence-electron chi connectivity index (χ1n) is 6.72. The van der Waals surface area contributed by atoms with Gasteiger partial charge in [-0.25, -0.2) is 17.5 Å². The average Bonchev–Trinajstić information content (AvgIpc) is 2.36. The van der Waals surface area contributed by atoms with Crippen LogP contribution < -0.4 is 10.0 Å².